The first kappa shape index (κ1) is 17.4. The number of thioether (sulfide) groups is 1. The van der Waals surface area contributed by atoms with E-state index in [2.05, 4.69) is 10.3 Å². The molecule has 1 amide bonds. The maximum Gasteiger partial charge on any atom is 0.264 e. The average Bonchev–Trinajstić information content (AvgIpc) is 2.90. The summed E-state index contributed by atoms with van der Waals surface area (Å²) in [6, 6.07) is 12.0. The first-order chi connectivity index (χ1) is 12.0. The van der Waals surface area contributed by atoms with Gasteiger partial charge in [-0.15, -0.1) is 0 Å². The van der Waals surface area contributed by atoms with Crippen molar-refractivity contribution in [2.24, 2.45) is 4.99 Å². The Kier molecular flexibility index (Phi) is 5.31. The molecule has 0 saturated carbocycles. The van der Waals surface area contributed by atoms with Crippen molar-refractivity contribution in [3.63, 3.8) is 0 Å². The zero-order valence-corrected chi connectivity index (χ0v) is 14.9. The van der Waals surface area contributed by atoms with Crippen LogP contribution in [0.4, 0.5) is 5.69 Å². The number of phenolic OH excluding ortho intramolecular Hbond substituents is 1. The van der Waals surface area contributed by atoms with Crippen molar-refractivity contribution in [3.8, 4) is 11.5 Å². The van der Waals surface area contributed by atoms with E-state index in [1.165, 1.54) is 17.8 Å². The van der Waals surface area contributed by atoms with Gasteiger partial charge in [0, 0.05) is 5.02 Å². The maximum absolute atomic E-state index is 12.1. The van der Waals surface area contributed by atoms with Gasteiger partial charge >= 0.3 is 0 Å². The lowest BCUT2D eigenvalue weighted by atomic mass is 10.2. The molecule has 1 fully saturated rings. The van der Waals surface area contributed by atoms with Gasteiger partial charge in [0.1, 0.15) is 0 Å². The second kappa shape index (κ2) is 7.63. The van der Waals surface area contributed by atoms with Crippen LogP contribution in [-0.4, -0.2) is 22.8 Å². The highest BCUT2D eigenvalue weighted by Gasteiger charge is 2.24. The first-order valence-electron chi connectivity index (χ1n) is 7.56. The van der Waals surface area contributed by atoms with E-state index in [9.17, 15) is 9.90 Å². The van der Waals surface area contributed by atoms with E-state index in [-0.39, 0.29) is 11.7 Å². The van der Waals surface area contributed by atoms with Gasteiger partial charge in [0.25, 0.3) is 5.91 Å². The minimum absolute atomic E-state index is 0.0655. The predicted octanol–water partition coefficient (Wildman–Crippen LogP) is 4.34. The van der Waals surface area contributed by atoms with Crippen molar-refractivity contribution in [3.05, 3.63) is 58.0 Å². The molecule has 25 heavy (non-hydrogen) atoms. The number of hydrogen-bond acceptors (Lipinski definition) is 5. The van der Waals surface area contributed by atoms with Gasteiger partial charge in [0.15, 0.2) is 16.7 Å². The standard InChI is InChI=1S/C18H15ClN2O3S/c1-2-24-15-8-11(6-7-14(15)22)9-16-17(23)21-18(25-16)20-13-5-3-4-12(19)10-13/h3-10,22H,2H2,1H3,(H,20,21,23)/b16-9-. The number of phenols is 1. The second-order valence-corrected chi connectivity index (χ2v) is 6.59. The third kappa shape index (κ3) is 4.35. The molecular weight excluding hydrogens is 360 g/mol. The fourth-order valence-electron chi connectivity index (χ4n) is 2.19. The second-order valence-electron chi connectivity index (χ2n) is 5.12. The van der Waals surface area contributed by atoms with Gasteiger partial charge in [-0.1, -0.05) is 23.7 Å². The summed E-state index contributed by atoms with van der Waals surface area (Å²) in [5.41, 5.74) is 1.42. The number of aliphatic imine (C=N–C) groups is 1. The fraction of sp³-hybridized carbons (Fsp3) is 0.111. The molecule has 0 spiro atoms. The lowest BCUT2D eigenvalue weighted by Gasteiger charge is -2.06. The summed E-state index contributed by atoms with van der Waals surface area (Å²) in [4.78, 5) is 17.0. The van der Waals surface area contributed by atoms with Crippen LogP contribution in [0, 0.1) is 0 Å². The topological polar surface area (TPSA) is 70.9 Å². The molecule has 0 aromatic heterocycles. The van der Waals surface area contributed by atoms with E-state index in [4.69, 9.17) is 16.3 Å². The van der Waals surface area contributed by atoms with Gasteiger partial charge in [-0.25, -0.2) is 4.99 Å². The van der Waals surface area contributed by atoms with E-state index in [1.807, 2.05) is 13.0 Å². The number of rotatable bonds is 4. The summed E-state index contributed by atoms with van der Waals surface area (Å²) in [6.45, 7) is 2.28. The number of aromatic hydroxyl groups is 1. The molecule has 0 unspecified atom stereocenters. The Morgan fingerprint density at radius 3 is 2.92 bits per heavy atom. The summed E-state index contributed by atoms with van der Waals surface area (Å²) in [5.74, 6) is 0.223. The minimum atomic E-state index is -0.225. The van der Waals surface area contributed by atoms with Crippen molar-refractivity contribution in [2.75, 3.05) is 6.61 Å². The Bertz CT molecular complexity index is 880. The molecule has 2 N–H and O–H groups in total. The molecular formula is C18H15ClN2O3S. The summed E-state index contributed by atoms with van der Waals surface area (Å²) in [7, 11) is 0. The normalized spacial score (nSPS) is 17.1. The summed E-state index contributed by atoms with van der Waals surface area (Å²) < 4.78 is 5.36. The number of benzene rings is 2. The molecule has 1 heterocycles. The molecule has 1 aliphatic rings. The number of amides is 1. The number of ether oxygens (including phenoxy) is 1. The molecule has 1 aliphatic heterocycles. The quantitative estimate of drug-likeness (QED) is 0.781. The summed E-state index contributed by atoms with van der Waals surface area (Å²) >= 11 is 7.18. The Morgan fingerprint density at radius 2 is 2.16 bits per heavy atom. The zero-order valence-electron chi connectivity index (χ0n) is 13.3. The number of carbonyl (C=O) groups excluding carboxylic acids is 1. The lowest BCUT2D eigenvalue weighted by molar-refractivity contribution is -0.115. The monoisotopic (exact) mass is 374 g/mol. The van der Waals surface area contributed by atoms with Gasteiger partial charge in [-0.2, -0.15) is 0 Å². The van der Waals surface area contributed by atoms with E-state index in [0.717, 1.165) is 5.56 Å². The summed E-state index contributed by atoms with van der Waals surface area (Å²) in [6.07, 6.45) is 1.72. The smallest absolute Gasteiger partial charge is 0.264 e. The minimum Gasteiger partial charge on any atom is -0.504 e. The molecule has 3 rings (SSSR count). The van der Waals surface area contributed by atoms with Crippen LogP contribution in [0.2, 0.25) is 5.02 Å². The Hall–Kier alpha value is -2.44. The van der Waals surface area contributed by atoms with E-state index in [1.54, 1.807) is 36.4 Å². The Balaban J connectivity index is 1.83. The van der Waals surface area contributed by atoms with Crippen LogP contribution in [-0.2, 0) is 4.79 Å². The molecule has 5 nitrogen and oxygen atoms in total. The fourth-order valence-corrected chi connectivity index (χ4v) is 3.21. The third-order valence-electron chi connectivity index (χ3n) is 3.27. The van der Waals surface area contributed by atoms with Crippen LogP contribution < -0.4 is 10.1 Å². The highest BCUT2D eigenvalue weighted by molar-refractivity contribution is 8.18. The van der Waals surface area contributed by atoms with Crippen molar-refractivity contribution in [2.45, 2.75) is 6.92 Å². The molecule has 128 valence electrons. The van der Waals surface area contributed by atoms with Crippen LogP contribution >= 0.6 is 23.4 Å². The molecule has 0 aliphatic carbocycles. The molecule has 2 aromatic rings. The summed E-state index contributed by atoms with van der Waals surface area (Å²) in [5, 5.41) is 13.5. The van der Waals surface area contributed by atoms with Crippen molar-refractivity contribution in [1.82, 2.24) is 5.32 Å². The number of amidine groups is 1. The molecule has 0 radical (unpaired) electrons. The number of hydrogen-bond donors (Lipinski definition) is 2. The van der Waals surface area contributed by atoms with Crippen molar-refractivity contribution < 1.29 is 14.6 Å². The first-order valence-corrected chi connectivity index (χ1v) is 8.75. The van der Waals surface area contributed by atoms with Gasteiger partial charge in [0.05, 0.1) is 17.2 Å². The number of nitrogens with one attached hydrogen (secondary N) is 1. The van der Waals surface area contributed by atoms with Crippen LogP contribution in [0.3, 0.4) is 0 Å². The highest BCUT2D eigenvalue weighted by Crippen LogP contribution is 2.31. The van der Waals surface area contributed by atoms with Crippen molar-refractivity contribution >= 4 is 46.2 Å². The van der Waals surface area contributed by atoms with Crippen LogP contribution in [0.25, 0.3) is 6.08 Å². The largest absolute Gasteiger partial charge is 0.504 e. The SMILES string of the molecule is CCOc1cc(/C=C2\SC(=Nc3cccc(Cl)c3)NC2=O)ccc1O. The van der Waals surface area contributed by atoms with E-state index < -0.39 is 0 Å². The molecule has 0 bridgehead atoms. The van der Waals surface area contributed by atoms with Crippen LogP contribution in [0.1, 0.15) is 12.5 Å². The molecule has 0 atom stereocenters. The lowest BCUT2D eigenvalue weighted by Crippen LogP contribution is -2.19. The van der Waals surface area contributed by atoms with Gasteiger partial charge in [0.2, 0.25) is 0 Å². The third-order valence-corrected chi connectivity index (χ3v) is 4.42. The number of carbonyl (C=O) groups is 1. The Labute approximate surface area is 154 Å². The maximum atomic E-state index is 12.1. The predicted molar refractivity (Wildman–Crippen MR) is 102 cm³/mol. The van der Waals surface area contributed by atoms with E-state index in [0.29, 0.717) is 33.1 Å². The number of nitrogens with zero attached hydrogens (tertiary/aromatic N) is 1. The zero-order chi connectivity index (χ0) is 17.8. The van der Waals surface area contributed by atoms with Gasteiger partial charge < -0.3 is 15.2 Å². The van der Waals surface area contributed by atoms with E-state index >= 15 is 0 Å². The van der Waals surface area contributed by atoms with Gasteiger partial charge in [-0.3, -0.25) is 4.79 Å². The molecule has 1 saturated heterocycles. The average molecular weight is 375 g/mol. The Morgan fingerprint density at radius 1 is 1.32 bits per heavy atom. The van der Waals surface area contributed by atoms with Crippen molar-refractivity contribution in [1.29, 1.82) is 0 Å². The number of halogens is 1. The van der Waals surface area contributed by atoms with Gasteiger partial charge in [-0.05, 0) is 60.7 Å². The molecule has 2 aromatic carbocycles. The van der Waals surface area contributed by atoms with Crippen LogP contribution in [0.15, 0.2) is 52.4 Å². The molecule has 7 heteroatoms. The van der Waals surface area contributed by atoms with Crippen LogP contribution in [0.5, 0.6) is 11.5 Å². The highest BCUT2D eigenvalue weighted by atomic mass is 35.5.